The molecule has 0 aliphatic carbocycles. The van der Waals surface area contributed by atoms with Gasteiger partial charge in [-0.1, -0.05) is 11.3 Å². The van der Waals surface area contributed by atoms with Crippen LogP contribution in [0.15, 0.2) is 18.3 Å². The van der Waals surface area contributed by atoms with Crippen LogP contribution in [0.3, 0.4) is 0 Å². The van der Waals surface area contributed by atoms with Gasteiger partial charge in [-0.2, -0.15) is 0 Å². The second-order valence-corrected chi connectivity index (χ2v) is 7.18. The molecular formula is C19H15FN4O2S. The lowest BCUT2D eigenvalue weighted by molar-refractivity contribution is 0.111. The summed E-state index contributed by atoms with van der Waals surface area (Å²) in [4.78, 5) is 29.4. The third kappa shape index (κ3) is 2.96. The van der Waals surface area contributed by atoms with Crippen LogP contribution < -0.4 is 0 Å². The van der Waals surface area contributed by atoms with E-state index in [4.69, 9.17) is 4.74 Å². The normalized spacial score (nSPS) is 11.4. The Bertz CT molecular complexity index is 1210. The van der Waals surface area contributed by atoms with E-state index in [0.29, 0.717) is 39.3 Å². The highest BCUT2D eigenvalue weighted by molar-refractivity contribution is 7.21. The van der Waals surface area contributed by atoms with Crippen molar-refractivity contribution in [3.8, 4) is 10.6 Å². The van der Waals surface area contributed by atoms with Gasteiger partial charge in [-0.05, 0) is 31.5 Å². The van der Waals surface area contributed by atoms with E-state index in [1.165, 1.54) is 11.3 Å². The first-order chi connectivity index (χ1) is 13.0. The average molecular weight is 382 g/mol. The highest BCUT2D eigenvalue weighted by Crippen LogP contribution is 2.35. The number of hydrogen-bond donors (Lipinski definition) is 0. The fraction of sp³-hybridized carbons (Fsp3) is 0.211. The molecule has 0 radical (unpaired) electrons. The molecule has 3 heterocycles. The molecule has 1 aromatic carbocycles. The maximum absolute atomic E-state index is 14.2. The van der Waals surface area contributed by atoms with Crippen molar-refractivity contribution in [2.45, 2.75) is 20.5 Å². The largest absolute Gasteiger partial charge is 0.378 e. The predicted octanol–water partition coefficient (Wildman–Crippen LogP) is 4.02. The molecule has 0 fully saturated rings. The van der Waals surface area contributed by atoms with Gasteiger partial charge < -0.3 is 4.74 Å². The Morgan fingerprint density at radius 1 is 1.19 bits per heavy atom. The maximum atomic E-state index is 14.2. The fourth-order valence-electron chi connectivity index (χ4n) is 2.96. The number of thiazole rings is 1. The summed E-state index contributed by atoms with van der Waals surface area (Å²) in [6, 6.07) is 3.92. The van der Waals surface area contributed by atoms with E-state index in [9.17, 15) is 9.18 Å². The lowest BCUT2D eigenvalue weighted by Crippen LogP contribution is -1.97. The zero-order valence-corrected chi connectivity index (χ0v) is 15.7. The van der Waals surface area contributed by atoms with Crippen LogP contribution in [0.2, 0.25) is 0 Å². The highest BCUT2D eigenvalue weighted by atomic mass is 32.1. The summed E-state index contributed by atoms with van der Waals surface area (Å²) in [6.45, 7) is 3.94. The zero-order chi connectivity index (χ0) is 19.1. The van der Waals surface area contributed by atoms with Gasteiger partial charge in [0.25, 0.3) is 0 Å². The van der Waals surface area contributed by atoms with Crippen molar-refractivity contribution in [3.63, 3.8) is 0 Å². The number of fused-ring (bicyclic) bond motifs is 2. The van der Waals surface area contributed by atoms with Gasteiger partial charge in [0, 0.05) is 18.2 Å². The van der Waals surface area contributed by atoms with E-state index in [-0.39, 0.29) is 5.69 Å². The molecular weight excluding hydrogens is 367 g/mol. The third-order valence-electron chi connectivity index (χ3n) is 4.22. The van der Waals surface area contributed by atoms with Crippen molar-refractivity contribution in [3.05, 3.63) is 46.7 Å². The van der Waals surface area contributed by atoms with E-state index < -0.39 is 5.82 Å². The number of hydrogen-bond acceptors (Lipinski definition) is 7. The smallest absolute Gasteiger partial charge is 0.171 e. The highest BCUT2D eigenvalue weighted by Gasteiger charge is 2.18. The van der Waals surface area contributed by atoms with Crippen LogP contribution >= 0.6 is 11.3 Å². The van der Waals surface area contributed by atoms with Gasteiger partial charge >= 0.3 is 0 Å². The molecule has 0 spiro atoms. The van der Waals surface area contributed by atoms with Crippen LogP contribution in [0.25, 0.3) is 32.0 Å². The molecule has 4 rings (SSSR count). The number of ether oxygens (including phenoxy) is 1. The summed E-state index contributed by atoms with van der Waals surface area (Å²) < 4.78 is 19.3. The van der Waals surface area contributed by atoms with Gasteiger partial charge in [-0.3, -0.25) is 9.78 Å². The molecule has 8 heteroatoms. The first kappa shape index (κ1) is 17.6. The minimum atomic E-state index is -0.632. The summed E-state index contributed by atoms with van der Waals surface area (Å²) in [7, 11) is 1.61. The second-order valence-electron chi connectivity index (χ2n) is 6.20. The monoisotopic (exact) mass is 382 g/mol. The van der Waals surface area contributed by atoms with E-state index >= 15 is 0 Å². The summed E-state index contributed by atoms with van der Waals surface area (Å²) in [6.07, 6.45) is 2.09. The van der Waals surface area contributed by atoms with Gasteiger partial charge in [-0.15, -0.1) is 0 Å². The molecule has 0 aliphatic rings. The standard InChI is InChI=1S/C19H15FN4O2S/c1-9-4-12(17-13(5-9)22-11(6-21-17)8-26-3)18-24-16-10(2)15(20)14(7-25)23-19(16)27-18/h4-7H,8H2,1-3H3. The Kier molecular flexibility index (Phi) is 4.37. The minimum Gasteiger partial charge on any atom is -0.378 e. The number of aromatic nitrogens is 4. The molecule has 0 saturated carbocycles. The van der Waals surface area contributed by atoms with E-state index in [2.05, 4.69) is 19.9 Å². The lowest BCUT2D eigenvalue weighted by Gasteiger charge is -2.06. The predicted molar refractivity (Wildman–Crippen MR) is 101 cm³/mol. The van der Waals surface area contributed by atoms with Crippen molar-refractivity contribution in [2.75, 3.05) is 7.11 Å². The van der Waals surface area contributed by atoms with Crippen LogP contribution in [-0.4, -0.2) is 33.3 Å². The van der Waals surface area contributed by atoms with Gasteiger partial charge in [0.1, 0.15) is 21.0 Å². The molecule has 4 aromatic rings. The molecule has 0 bridgehead atoms. The van der Waals surface area contributed by atoms with E-state index in [1.54, 1.807) is 20.2 Å². The Labute approximate surface area is 158 Å². The summed E-state index contributed by atoms with van der Waals surface area (Å²) in [5.41, 5.74) is 4.56. The summed E-state index contributed by atoms with van der Waals surface area (Å²) in [5, 5.41) is 0.658. The Balaban J connectivity index is 1.96. The molecule has 27 heavy (non-hydrogen) atoms. The number of aryl methyl sites for hydroxylation is 2. The van der Waals surface area contributed by atoms with Gasteiger partial charge in [0.2, 0.25) is 0 Å². The van der Waals surface area contributed by atoms with E-state index in [1.807, 2.05) is 19.1 Å². The number of methoxy groups -OCH3 is 1. The summed E-state index contributed by atoms with van der Waals surface area (Å²) >= 11 is 1.30. The first-order valence-corrected chi connectivity index (χ1v) is 9.01. The molecule has 0 aliphatic heterocycles. The number of carbonyl (C=O) groups is 1. The fourth-order valence-corrected chi connectivity index (χ4v) is 3.99. The number of rotatable bonds is 4. The van der Waals surface area contributed by atoms with Gasteiger partial charge in [0.05, 0.1) is 29.5 Å². The van der Waals surface area contributed by atoms with Crippen LogP contribution in [-0.2, 0) is 11.3 Å². The topological polar surface area (TPSA) is 77.9 Å². The van der Waals surface area contributed by atoms with Crippen LogP contribution in [0.1, 0.15) is 27.3 Å². The van der Waals surface area contributed by atoms with E-state index in [0.717, 1.165) is 22.3 Å². The van der Waals surface area contributed by atoms with Crippen LogP contribution in [0.4, 0.5) is 4.39 Å². The molecule has 0 unspecified atom stereocenters. The molecule has 0 atom stereocenters. The molecule has 3 aromatic heterocycles. The minimum absolute atomic E-state index is 0.201. The van der Waals surface area contributed by atoms with Crippen molar-refractivity contribution in [2.24, 2.45) is 0 Å². The summed E-state index contributed by atoms with van der Waals surface area (Å²) in [5.74, 6) is -0.632. The SMILES string of the molecule is COCc1cnc2c(-c3nc4c(C)c(F)c(C=O)nc4s3)cc(C)cc2n1. The maximum Gasteiger partial charge on any atom is 0.171 e. The first-order valence-electron chi connectivity index (χ1n) is 8.19. The van der Waals surface area contributed by atoms with Gasteiger partial charge in [0.15, 0.2) is 12.1 Å². The second kappa shape index (κ2) is 6.71. The average Bonchev–Trinajstić information content (AvgIpc) is 3.08. The van der Waals surface area contributed by atoms with Crippen LogP contribution in [0.5, 0.6) is 0 Å². The molecule has 0 amide bonds. The third-order valence-corrected chi connectivity index (χ3v) is 5.20. The Hall–Kier alpha value is -2.84. The Morgan fingerprint density at radius 3 is 2.74 bits per heavy atom. The Morgan fingerprint density at radius 2 is 2.00 bits per heavy atom. The van der Waals surface area contributed by atoms with Crippen molar-refractivity contribution in [1.82, 2.24) is 19.9 Å². The molecule has 0 N–H and O–H groups in total. The van der Waals surface area contributed by atoms with Gasteiger partial charge in [-0.25, -0.2) is 19.3 Å². The number of pyridine rings is 1. The van der Waals surface area contributed by atoms with Crippen molar-refractivity contribution < 1.29 is 13.9 Å². The number of benzene rings is 1. The number of halogens is 1. The van der Waals surface area contributed by atoms with Crippen molar-refractivity contribution in [1.29, 1.82) is 0 Å². The zero-order valence-electron chi connectivity index (χ0n) is 14.9. The number of nitrogens with zero attached hydrogens (tertiary/aromatic N) is 4. The number of aldehydes is 1. The van der Waals surface area contributed by atoms with Crippen LogP contribution in [0, 0.1) is 19.7 Å². The molecule has 6 nitrogen and oxygen atoms in total. The quantitative estimate of drug-likeness (QED) is 0.496. The molecule has 0 saturated heterocycles. The number of carbonyl (C=O) groups excluding carboxylic acids is 1. The van der Waals surface area contributed by atoms with Crippen molar-refractivity contribution >= 4 is 39.0 Å². The molecule has 136 valence electrons. The lowest BCUT2D eigenvalue weighted by atomic mass is 10.1.